The Morgan fingerprint density at radius 3 is 2.55 bits per heavy atom. The summed E-state index contributed by atoms with van der Waals surface area (Å²) in [6.45, 7) is 6.49. The highest BCUT2D eigenvalue weighted by Crippen LogP contribution is 2.30. The number of pyridine rings is 1. The molecule has 8 nitrogen and oxygen atoms in total. The highest BCUT2D eigenvalue weighted by atomic mass is 16.1. The van der Waals surface area contributed by atoms with Crippen molar-refractivity contribution in [3.63, 3.8) is 0 Å². The fourth-order valence-electron chi connectivity index (χ4n) is 6.36. The van der Waals surface area contributed by atoms with Crippen LogP contribution in [0.15, 0.2) is 59.4 Å². The molecule has 3 heterocycles. The average Bonchev–Trinajstić information content (AvgIpc) is 3.42. The normalized spacial score (nSPS) is 18.7. The minimum absolute atomic E-state index is 0.0656. The van der Waals surface area contributed by atoms with Crippen molar-refractivity contribution in [3.05, 3.63) is 87.5 Å². The number of aromatic amines is 1. The van der Waals surface area contributed by atoms with Crippen LogP contribution < -0.4 is 5.56 Å². The number of hydrogen-bond acceptors (Lipinski definition) is 6. The van der Waals surface area contributed by atoms with Gasteiger partial charge in [-0.05, 0) is 59.2 Å². The number of aryl methyl sites for hydroxylation is 3. The molecule has 1 saturated carbocycles. The van der Waals surface area contributed by atoms with Crippen LogP contribution in [-0.4, -0.2) is 67.2 Å². The van der Waals surface area contributed by atoms with Gasteiger partial charge in [-0.15, -0.1) is 5.10 Å². The van der Waals surface area contributed by atoms with Gasteiger partial charge < -0.3 is 4.98 Å². The number of nitrogens with zero attached hydrogens (tertiary/aromatic N) is 6. The van der Waals surface area contributed by atoms with Crippen LogP contribution in [0.1, 0.15) is 60.7 Å². The molecule has 198 valence electrons. The summed E-state index contributed by atoms with van der Waals surface area (Å²) in [4.78, 5) is 21.9. The van der Waals surface area contributed by atoms with Gasteiger partial charge in [-0.2, -0.15) is 0 Å². The molecular weight excluding hydrogens is 474 g/mol. The second-order valence-electron chi connectivity index (χ2n) is 10.9. The maximum Gasteiger partial charge on any atom is 0.253 e. The predicted molar refractivity (Wildman–Crippen MR) is 149 cm³/mol. The average molecular weight is 512 g/mol. The van der Waals surface area contributed by atoms with Crippen LogP contribution >= 0.6 is 0 Å². The number of hydrogen-bond donors (Lipinski definition) is 1. The summed E-state index contributed by atoms with van der Waals surface area (Å²) in [7, 11) is 0. The van der Waals surface area contributed by atoms with Crippen molar-refractivity contribution in [1.82, 2.24) is 35.0 Å². The number of nitrogens with one attached hydrogen (secondary N) is 1. The van der Waals surface area contributed by atoms with E-state index in [1.807, 2.05) is 29.8 Å². The Kier molecular flexibility index (Phi) is 7.33. The second kappa shape index (κ2) is 11.2. The predicted octanol–water partition coefficient (Wildman–Crippen LogP) is 4.11. The first-order valence-electron chi connectivity index (χ1n) is 14.1. The molecule has 6 rings (SSSR count). The van der Waals surface area contributed by atoms with Gasteiger partial charge in [0.05, 0.1) is 5.52 Å². The zero-order valence-corrected chi connectivity index (χ0v) is 22.2. The van der Waals surface area contributed by atoms with E-state index < -0.39 is 0 Å². The molecule has 2 fully saturated rings. The van der Waals surface area contributed by atoms with E-state index in [2.05, 4.69) is 66.7 Å². The molecule has 1 atom stereocenters. The molecule has 1 aliphatic carbocycles. The van der Waals surface area contributed by atoms with Crippen LogP contribution in [0.3, 0.4) is 0 Å². The summed E-state index contributed by atoms with van der Waals surface area (Å²) in [5.41, 5.74) is 3.85. The van der Waals surface area contributed by atoms with Gasteiger partial charge in [0.2, 0.25) is 0 Å². The number of tetrazole rings is 1. The third-order valence-corrected chi connectivity index (χ3v) is 8.48. The molecule has 1 unspecified atom stereocenters. The van der Waals surface area contributed by atoms with Crippen molar-refractivity contribution < 1.29 is 0 Å². The van der Waals surface area contributed by atoms with E-state index in [0.717, 1.165) is 54.9 Å². The van der Waals surface area contributed by atoms with E-state index in [1.54, 1.807) is 0 Å². The molecule has 0 radical (unpaired) electrons. The first kappa shape index (κ1) is 24.9. The van der Waals surface area contributed by atoms with E-state index in [0.29, 0.717) is 18.2 Å². The van der Waals surface area contributed by atoms with Gasteiger partial charge in [0.15, 0.2) is 5.82 Å². The smallest absolute Gasteiger partial charge is 0.253 e. The highest BCUT2D eigenvalue weighted by molar-refractivity contribution is 5.82. The van der Waals surface area contributed by atoms with Crippen molar-refractivity contribution in [1.29, 1.82) is 0 Å². The zero-order chi connectivity index (χ0) is 25.9. The summed E-state index contributed by atoms with van der Waals surface area (Å²) in [6.07, 6.45) is 7.50. The van der Waals surface area contributed by atoms with Crippen molar-refractivity contribution >= 4 is 10.9 Å². The number of benzene rings is 2. The van der Waals surface area contributed by atoms with Gasteiger partial charge in [0.25, 0.3) is 5.56 Å². The summed E-state index contributed by atoms with van der Waals surface area (Å²) in [5.74, 6) is 0.740. The minimum atomic E-state index is -0.303. The van der Waals surface area contributed by atoms with Crippen molar-refractivity contribution in [2.75, 3.05) is 26.2 Å². The zero-order valence-electron chi connectivity index (χ0n) is 22.2. The van der Waals surface area contributed by atoms with Gasteiger partial charge in [0, 0.05) is 44.3 Å². The molecule has 1 saturated heterocycles. The molecule has 1 aliphatic heterocycles. The van der Waals surface area contributed by atoms with Gasteiger partial charge in [-0.3, -0.25) is 14.6 Å². The Morgan fingerprint density at radius 1 is 0.974 bits per heavy atom. The number of aromatic nitrogens is 5. The Balaban J connectivity index is 1.33. The number of para-hydroxylation sites is 1. The Morgan fingerprint density at radius 2 is 1.76 bits per heavy atom. The third-order valence-electron chi connectivity index (χ3n) is 8.48. The Bertz CT molecular complexity index is 1420. The topological polar surface area (TPSA) is 82.9 Å². The van der Waals surface area contributed by atoms with Crippen LogP contribution in [0.4, 0.5) is 0 Å². The molecule has 4 aromatic rings. The quantitative estimate of drug-likeness (QED) is 0.402. The van der Waals surface area contributed by atoms with Gasteiger partial charge in [-0.25, -0.2) is 4.68 Å². The Hall–Kier alpha value is -3.36. The van der Waals surface area contributed by atoms with Gasteiger partial charge >= 0.3 is 0 Å². The largest absolute Gasteiger partial charge is 0.321 e. The molecule has 38 heavy (non-hydrogen) atoms. The fourth-order valence-corrected chi connectivity index (χ4v) is 6.36. The lowest BCUT2D eigenvalue weighted by Crippen LogP contribution is -2.52. The maximum absolute atomic E-state index is 13.6. The lowest BCUT2D eigenvalue weighted by Gasteiger charge is -2.43. The SMILES string of the molecule is Cc1cccc2cc(C(c3nnnn3CCc3ccccc3)N3CCN(C4CCCCC4)CC3)c(=O)[nH]c12. The Labute approximate surface area is 223 Å². The standard InChI is InChI=1S/C30H37N7O/c1-22-9-8-12-24-21-26(30(38)31-27(22)24)28(36-19-17-35(18-20-36)25-13-6-3-7-14-25)29-32-33-34-37(29)16-15-23-10-4-2-5-11-23/h2,4-5,8-12,21,25,28H,3,6-7,13-20H2,1H3,(H,31,38). The molecule has 2 aliphatic rings. The van der Waals surface area contributed by atoms with E-state index in [1.165, 1.54) is 37.7 Å². The van der Waals surface area contributed by atoms with Crippen LogP contribution in [0.2, 0.25) is 0 Å². The minimum Gasteiger partial charge on any atom is -0.321 e. The molecule has 0 bridgehead atoms. The summed E-state index contributed by atoms with van der Waals surface area (Å²) in [6, 6.07) is 19.0. The van der Waals surface area contributed by atoms with Crippen molar-refractivity contribution in [2.45, 2.75) is 64.1 Å². The molecule has 8 heteroatoms. The highest BCUT2D eigenvalue weighted by Gasteiger charge is 2.34. The summed E-state index contributed by atoms with van der Waals surface area (Å²) >= 11 is 0. The van der Waals surface area contributed by atoms with E-state index >= 15 is 0 Å². The van der Waals surface area contributed by atoms with Crippen molar-refractivity contribution in [2.24, 2.45) is 0 Å². The number of H-pyrrole nitrogens is 1. The molecular formula is C30H37N7O. The number of piperazine rings is 1. The first-order valence-corrected chi connectivity index (χ1v) is 14.1. The maximum atomic E-state index is 13.6. The van der Waals surface area contributed by atoms with Gasteiger partial charge in [0.1, 0.15) is 6.04 Å². The second-order valence-corrected chi connectivity index (χ2v) is 10.9. The van der Waals surface area contributed by atoms with Crippen LogP contribution in [0.5, 0.6) is 0 Å². The molecule has 1 N–H and O–H groups in total. The van der Waals surface area contributed by atoms with Crippen LogP contribution in [0, 0.1) is 6.92 Å². The van der Waals surface area contributed by atoms with E-state index in [-0.39, 0.29) is 11.6 Å². The number of rotatable bonds is 7. The molecule has 2 aromatic heterocycles. The van der Waals surface area contributed by atoms with Crippen LogP contribution in [-0.2, 0) is 13.0 Å². The number of fused-ring (bicyclic) bond motifs is 1. The monoisotopic (exact) mass is 511 g/mol. The molecule has 0 amide bonds. The first-order chi connectivity index (χ1) is 18.7. The molecule has 0 spiro atoms. The van der Waals surface area contributed by atoms with E-state index in [9.17, 15) is 4.79 Å². The summed E-state index contributed by atoms with van der Waals surface area (Å²) in [5, 5.41) is 14.0. The van der Waals surface area contributed by atoms with Crippen molar-refractivity contribution in [3.8, 4) is 0 Å². The van der Waals surface area contributed by atoms with Gasteiger partial charge in [-0.1, -0.05) is 67.8 Å². The van der Waals surface area contributed by atoms with Crippen LogP contribution in [0.25, 0.3) is 10.9 Å². The third kappa shape index (κ3) is 5.15. The fraction of sp³-hybridized carbons (Fsp3) is 0.467. The lowest BCUT2D eigenvalue weighted by molar-refractivity contribution is 0.0617. The van der Waals surface area contributed by atoms with E-state index in [4.69, 9.17) is 0 Å². The molecule has 2 aromatic carbocycles. The lowest BCUT2D eigenvalue weighted by atomic mass is 9.93. The summed E-state index contributed by atoms with van der Waals surface area (Å²) < 4.78 is 1.89.